The molecule has 68 valence electrons. The molecule has 0 aromatic carbocycles. The zero-order chi connectivity index (χ0) is 9.57. The standard InChI is InChI=1S/C5HF6N/c6-2-1-12-5(10,11)4(8,9)3(2)7/h1H. The molecular formula is C5HF6N. The van der Waals surface area contributed by atoms with Gasteiger partial charge in [0.2, 0.25) is 5.83 Å². The fourth-order valence-electron chi connectivity index (χ4n) is 0.557. The van der Waals surface area contributed by atoms with Crippen molar-refractivity contribution in [3.63, 3.8) is 0 Å². The molecule has 1 nitrogen and oxygen atoms in total. The van der Waals surface area contributed by atoms with Crippen molar-refractivity contribution in [3.05, 3.63) is 11.7 Å². The van der Waals surface area contributed by atoms with Crippen LogP contribution in [0, 0.1) is 0 Å². The Hall–Kier alpha value is -1.01. The number of alkyl halides is 4. The molecule has 12 heavy (non-hydrogen) atoms. The lowest BCUT2D eigenvalue weighted by Gasteiger charge is -2.23. The maximum Gasteiger partial charge on any atom is 0.412 e. The summed E-state index contributed by atoms with van der Waals surface area (Å²) in [7, 11) is 0. The zero-order valence-corrected chi connectivity index (χ0v) is 5.29. The highest BCUT2D eigenvalue weighted by Gasteiger charge is 2.62. The molecule has 1 aliphatic heterocycles. The van der Waals surface area contributed by atoms with E-state index < -0.39 is 23.6 Å². The lowest BCUT2D eigenvalue weighted by atomic mass is 10.2. The second kappa shape index (κ2) is 2.24. The minimum atomic E-state index is -5.19. The van der Waals surface area contributed by atoms with E-state index in [1.807, 2.05) is 4.99 Å². The van der Waals surface area contributed by atoms with Crippen molar-refractivity contribution in [2.24, 2.45) is 4.99 Å². The Kier molecular flexibility index (Phi) is 1.69. The highest BCUT2D eigenvalue weighted by Crippen LogP contribution is 2.44. The van der Waals surface area contributed by atoms with Crippen molar-refractivity contribution in [2.45, 2.75) is 12.0 Å². The van der Waals surface area contributed by atoms with E-state index in [0.717, 1.165) is 0 Å². The highest BCUT2D eigenvalue weighted by atomic mass is 19.3. The Bertz CT molecular complexity index is 265. The second-order valence-corrected chi connectivity index (χ2v) is 2.04. The van der Waals surface area contributed by atoms with Crippen molar-refractivity contribution in [1.82, 2.24) is 0 Å². The van der Waals surface area contributed by atoms with Gasteiger partial charge in [0.1, 0.15) is 0 Å². The normalized spacial score (nSPS) is 26.2. The van der Waals surface area contributed by atoms with E-state index in [9.17, 15) is 26.3 Å². The van der Waals surface area contributed by atoms with Crippen molar-refractivity contribution in [1.29, 1.82) is 0 Å². The van der Waals surface area contributed by atoms with E-state index in [-0.39, 0.29) is 6.21 Å². The second-order valence-electron chi connectivity index (χ2n) is 2.04. The maximum absolute atomic E-state index is 12.1. The summed E-state index contributed by atoms with van der Waals surface area (Å²) in [5.41, 5.74) is 0. The molecule has 0 saturated carbocycles. The first-order chi connectivity index (χ1) is 5.29. The van der Waals surface area contributed by atoms with Crippen molar-refractivity contribution in [2.75, 3.05) is 0 Å². The Morgan fingerprint density at radius 2 is 1.58 bits per heavy atom. The number of hydrogen-bond donors (Lipinski definition) is 0. The molecule has 0 unspecified atom stereocenters. The third-order valence-electron chi connectivity index (χ3n) is 1.20. The van der Waals surface area contributed by atoms with Gasteiger partial charge in [-0.1, -0.05) is 0 Å². The van der Waals surface area contributed by atoms with Crippen LogP contribution in [-0.2, 0) is 0 Å². The van der Waals surface area contributed by atoms with Gasteiger partial charge in [0.15, 0.2) is 5.83 Å². The first kappa shape index (κ1) is 9.08. The van der Waals surface area contributed by atoms with Crippen LogP contribution in [0.15, 0.2) is 16.6 Å². The van der Waals surface area contributed by atoms with Crippen LogP contribution in [0.3, 0.4) is 0 Å². The van der Waals surface area contributed by atoms with E-state index in [1.165, 1.54) is 0 Å². The Morgan fingerprint density at radius 3 is 2.00 bits per heavy atom. The summed E-state index contributed by atoms with van der Waals surface area (Å²) < 4.78 is 72.2. The van der Waals surface area contributed by atoms with Crippen LogP contribution < -0.4 is 0 Å². The van der Waals surface area contributed by atoms with Crippen LogP contribution in [0.2, 0.25) is 0 Å². The molecule has 0 radical (unpaired) electrons. The van der Waals surface area contributed by atoms with Gasteiger partial charge in [0.25, 0.3) is 0 Å². The quantitative estimate of drug-likeness (QED) is 0.410. The van der Waals surface area contributed by atoms with Gasteiger partial charge in [0.05, 0.1) is 6.21 Å². The van der Waals surface area contributed by atoms with Crippen LogP contribution in [0.5, 0.6) is 0 Å². The molecular weight excluding hydrogens is 188 g/mol. The third-order valence-corrected chi connectivity index (χ3v) is 1.20. The predicted molar refractivity (Wildman–Crippen MR) is 27.6 cm³/mol. The largest absolute Gasteiger partial charge is 0.412 e. The molecule has 0 amide bonds. The monoisotopic (exact) mass is 189 g/mol. The molecule has 0 spiro atoms. The van der Waals surface area contributed by atoms with Gasteiger partial charge >= 0.3 is 12.0 Å². The first-order valence-electron chi connectivity index (χ1n) is 2.65. The Balaban J connectivity index is 3.21. The molecule has 0 aliphatic carbocycles. The van der Waals surface area contributed by atoms with E-state index in [2.05, 4.69) is 0 Å². The number of dihydropyridines is 1. The summed E-state index contributed by atoms with van der Waals surface area (Å²) >= 11 is 0. The molecule has 0 atom stereocenters. The lowest BCUT2D eigenvalue weighted by Crippen LogP contribution is -2.42. The Morgan fingerprint density at radius 1 is 1.08 bits per heavy atom. The SMILES string of the molecule is FC1=C(F)C(F)(F)C(F)(F)N=C1. The average molecular weight is 189 g/mol. The van der Waals surface area contributed by atoms with Gasteiger partial charge in [-0.05, 0) is 0 Å². The van der Waals surface area contributed by atoms with Gasteiger partial charge in [-0.15, -0.1) is 0 Å². The molecule has 7 heteroatoms. The van der Waals surface area contributed by atoms with Gasteiger partial charge in [0, 0.05) is 0 Å². The fraction of sp³-hybridized carbons (Fsp3) is 0.400. The van der Waals surface area contributed by atoms with Crippen LogP contribution in [0.25, 0.3) is 0 Å². The van der Waals surface area contributed by atoms with Gasteiger partial charge in [-0.25, -0.2) is 13.8 Å². The molecule has 0 aromatic rings. The third kappa shape index (κ3) is 0.997. The van der Waals surface area contributed by atoms with Gasteiger partial charge in [-0.3, -0.25) is 0 Å². The van der Waals surface area contributed by atoms with Crippen LogP contribution >= 0.6 is 0 Å². The van der Waals surface area contributed by atoms with Crippen molar-refractivity contribution >= 4 is 6.21 Å². The summed E-state index contributed by atoms with van der Waals surface area (Å²) in [5.74, 6) is -10.1. The van der Waals surface area contributed by atoms with E-state index >= 15 is 0 Å². The molecule has 1 aliphatic rings. The Labute approximate surface area is 62.4 Å². The van der Waals surface area contributed by atoms with Crippen molar-refractivity contribution < 1.29 is 26.3 Å². The molecule has 0 N–H and O–H groups in total. The number of halogens is 6. The molecule has 1 heterocycles. The fourth-order valence-corrected chi connectivity index (χ4v) is 0.557. The number of allylic oxidation sites excluding steroid dienone is 1. The van der Waals surface area contributed by atoms with E-state index in [1.54, 1.807) is 0 Å². The highest BCUT2D eigenvalue weighted by molar-refractivity contribution is 5.78. The molecule has 1 rings (SSSR count). The summed E-state index contributed by atoms with van der Waals surface area (Å²) in [4.78, 5) is 1.86. The molecule has 0 saturated heterocycles. The summed E-state index contributed by atoms with van der Waals surface area (Å²) in [6, 6.07) is -4.91. The predicted octanol–water partition coefficient (Wildman–Crippen LogP) is 2.45. The minimum absolute atomic E-state index is 0.271. The van der Waals surface area contributed by atoms with E-state index in [4.69, 9.17) is 0 Å². The number of nitrogens with zero attached hydrogens (tertiary/aromatic N) is 1. The zero-order valence-electron chi connectivity index (χ0n) is 5.29. The number of aliphatic imine (C=N–C) groups is 1. The number of rotatable bonds is 0. The van der Waals surface area contributed by atoms with Crippen molar-refractivity contribution in [3.8, 4) is 0 Å². The lowest BCUT2D eigenvalue weighted by molar-refractivity contribution is -0.191. The maximum atomic E-state index is 12.1. The van der Waals surface area contributed by atoms with Crippen LogP contribution in [0.4, 0.5) is 26.3 Å². The molecule has 0 bridgehead atoms. The summed E-state index contributed by atoms with van der Waals surface area (Å²) in [5, 5.41) is 0. The van der Waals surface area contributed by atoms with Crippen LogP contribution in [-0.4, -0.2) is 18.2 Å². The van der Waals surface area contributed by atoms with Crippen LogP contribution in [0.1, 0.15) is 0 Å². The smallest absolute Gasteiger partial charge is 0.216 e. The molecule has 0 fully saturated rings. The topological polar surface area (TPSA) is 12.4 Å². The minimum Gasteiger partial charge on any atom is -0.216 e. The summed E-state index contributed by atoms with van der Waals surface area (Å²) in [6.45, 7) is 0. The molecule has 0 aromatic heterocycles. The van der Waals surface area contributed by atoms with Gasteiger partial charge in [-0.2, -0.15) is 17.6 Å². The van der Waals surface area contributed by atoms with Gasteiger partial charge < -0.3 is 0 Å². The summed E-state index contributed by atoms with van der Waals surface area (Å²) in [6.07, 6.45) is -0.271. The average Bonchev–Trinajstić information content (AvgIpc) is 1.96. The van der Waals surface area contributed by atoms with E-state index in [0.29, 0.717) is 0 Å². The first-order valence-corrected chi connectivity index (χ1v) is 2.65. The number of hydrogen-bond acceptors (Lipinski definition) is 1.